The second-order valence-corrected chi connectivity index (χ2v) is 12.5. The summed E-state index contributed by atoms with van der Waals surface area (Å²) in [5.74, 6) is 0.0384. The van der Waals surface area contributed by atoms with E-state index in [2.05, 4.69) is 15.2 Å². The van der Waals surface area contributed by atoms with E-state index in [1.165, 1.54) is 52.3 Å². The van der Waals surface area contributed by atoms with Gasteiger partial charge in [0, 0.05) is 30.2 Å². The van der Waals surface area contributed by atoms with Crippen LogP contribution in [0.15, 0.2) is 51.9 Å². The Morgan fingerprint density at radius 1 is 1.24 bits per heavy atom. The molecule has 0 fully saturated rings. The lowest BCUT2D eigenvalue weighted by Gasteiger charge is -2.38. The standard InChI is InChI=1S/C28H34ClN5O7S/c1-16-13-34(17(2)15-35)27(36)23-12-21(32-42(38,39)22-9-6-20(29)7-10-22)8-11-24(23)40-25(16)14-33(5)28(37)30-26-18(3)31-41-19(26)4/h6-12,16-17,25,32,35H,13-15H2,1-5H3,(H,30,37)/t16-,17+,25+/m1/s1. The molecule has 42 heavy (non-hydrogen) atoms. The van der Waals surface area contributed by atoms with Crippen molar-refractivity contribution >= 4 is 44.9 Å². The van der Waals surface area contributed by atoms with Crippen LogP contribution in [0.4, 0.5) is 16.2 Å². The third-order valence-electron chi connectivity index (χ3n) is 7.11. The zero-order valence-electron chi connectivity index (χ0n) is 23.9. The molecular formula is C28H34ClN5O7S. The van der Waals surface area contributed by atoms with Crippen LogP contribution in [-0.4, -0.2) is 79.3 Å². The van der Waals surface area contributed by atoms with Crippen molar-refractivity contribution < 1.29 is 32.4 Å². The minimum absolute atomic E-state index is 0.00328. The summed E-state index contributed by atoms with van der Waals surface area (Å²) in [7, 11) is -2.35. The predicted octanol–water partition coefficient (Wildman–Crippen LogP) is 4.13. The van der Waals surface area contributed by atoms with Crippen molar-refractivity contribution in [2.45, 2.75) is 44.7 Å². The second-order valence-electron chi connectivity index (χ2n) is 10.4. The Hall–Kier alpha value is -3.81. The van der Waals surface area contributed by atoms with E-state index in [9.17, 15) is 23.1 Å². The number of fused-ring (bicyclic) bond motifs is 1. The molecule has 1 aliphatic heterocycles. The maximum atomic E-state index is 13.7. The molecule has 12 nitrogen and oxygen atoms in total. The van der Waals surface area contributed by atoms with Crippen LogP contribution in [0, 0.1) is 19.8 Å². The van der Waals surface area contributed by atoms with Gasteiger partial charge >= 0.3 is 6.03 Å². The molecule has 14 heteroatoms. The van der Waals surface area contributed by atoms with Crippen molar-refractivity contribution in [1.29, 1.82) is 0 Å². The largest absolute Gasteiger partial charge is 0.487 e. The Balaban J connectivity index is 1.62. The first kappa shape index (κ1) is 31.1. The summed E-state index contributed by atoms with van der Waals surface area (Å²) in [6.45, 7) is 7.15. The first-order valence-electron chi connectivity index (χ1n) is 13.3. The van der Waals surface area contributed by atoms with Gasteiger partial charge in [0.25, 0.3) is 15.9 Å². The van der Waals surface area contributed by atoms with E-state index in [4.69, 9.17) is 20.9 Å². The van der Waals surface area contributed by atoms with Gasteiger partial charge in [0.15, 0.2) is 5.76 Å². The number of anilines is 2. The molecule has 1 aromatic heterocycles. The fourth-order valence-electron chi connectivity index (χ4n) is 4.55. The Kier molecular flexibility index (Phi) is 9.34. The van der Waals surface area contributed by atoms with Crippen molar-refractivity contribution in [2.24, 2.45) is 5.92 Å². The molecule has 3 amide bonds. The number of hydrogen-bond acceptors (Lipinski definition) is 8. The quantitative estimate of drug-likeness (QED) is 0.340. The molecule has 0 aliphatic carbocycles. The highest BCUT2D eigenvalue weighted by molar-refractivity contribution is 7.92. The molecule has 2 aromatic carbocycles. The van der Waals surface area contributed by atoms with Crippen LogP contribution in [0.5, 0.6) is 5.75 Å². The monoisotopic (exact) mass is 619 g/mol. The van der Waals surface area contributed by atoms with Crippen LogP contribution in [-0.2, 0) is 10.0 Å². The molecule has 0 bridgehead atoms. The summed E-state index contributed by atoms with van der Waals surface area (Å²) in [5, 5.41) is 17.0. The van der Waals surface area contributed by atoms with E-state index in [1.807, 2.05) is 6.92 Å². The minimum atomic E-state index is -3.97. The van der Waals surface area contributed by atoms with Crippen molar-refractivity contribution in [3.8, 4) is 5.75 Å². The minimum Gasteiger partial charge on any atom is -0.487 e. The Morgan fingerprint density at radius 2 is 1.93 bits per heavy atom. The molecule has 4 rings (SSSR count). The van der Waals surface area contributed by atoms with Crippen LogP contribution < -0.4 is 14.8 Å². The summed E-state index contributed by atoms with van der Waals surface area (Å²) in [6, 6.07) is 9.18. The lowest BCUT2D eigenvalue weighted by molar-refractivity contribution is 0.0371. The van der Waals surface area contributed by atoms with Gasteiger partial charge in [-0.2, -0.15) is 0 Å². The van der Waals surface area contributed by atoms with Crippen molar-refractivity contribution in [3.63, 3.8) is 0 Å². The van der Waals surface area contributed by atoms with Crippen LogP contribution >= 0.6 is 11.6 Å². The third kappa shape index (κ3) is 6.80. The Labute approximate surface area is 249 Å². The van der Waals surface area contributed by atoms with Crippen LogP contribution in [0.25, 0.3) is 0 Å². The Bertz CT molecular complexity index is 1540. The third-order valence-corrected chi connectivity index (χ3v) is 8.76. The van der Waals surface area contributed by atoms with E-state index >= 15 is 0 Å². The number of sulfonamides is 1. The van der Waals surface area contributed by atoms with Gasteiger partial charge in [0.1, 0.15) is 23.2 Å². The summed E-state index contributed by atoms with van der Waals surface area (Å²) >= 11 is 5.89. The number of nitrogens with zero attached hydrogens (tertiary/aromatic N) is 3. The molecule has 1 aliphatic rings. The number of carbonyl (C=O) groups excluding carboxylic acids is 2. The fraction of sp³-hybridized carbons (Fsp3) is 0.393. The zero-order chi connectivity index (χ0) is 30.8. The number of aliphatic hydroxyl groups is 1. The van der Waals surface area contributed by atoms with Gasteiger partial charge in [0.2, 0.25) is 0 Å². The maximum Gasteiger partial charge on any atom is 0.321 e. The van der Waals surface area contributed by atoms with E-state index in [0.717, 1.165) is 0 Å². The number of aryl methyl sites for hydroxylation is 2. The average Bonchev–Trinajstić information content (AvgIpc) is 3.26. The molecule has 0 radical (unpaired) electrons. The first-order chi connectivity index (χ1) is 19.8. The molecule has 0 saturated carbocycles. The maximum absolute atomic E-state index is 13.7. The van der Waals surface area contributed by atoms with Crippen molar-refractivity contribution in [2.75, 3.05) is 36.8 Å². The molecule has 3 aromatic rings. The van der Waals surface area contributed by atoms with Gasteiger partial charge < -0.3 is 29.5 Å². The molecule has 0 unspecified atom stereocenters. The number of urea groups is 1. The van der Waals surface area contributed by atoms with Crippen molar-refractivity contribution in [3.05, 3.63) is 64.5 Å². The number of rotatable bonds is 8. The summed E-state index contributed by atoms with van der Waals surface area (Å²) in [5.41, 5.74) is 1.31. The highest BCUT2D eigenvalue weighted by Gasteiger charge is 2.34. The van der Waals surface area contributed by atoms with Gasteiger partial charge in [-0.15, -0.1) is 0 Å². The zero-order valence-corrected chi connectivity index (χ0v) is 25.5. The molecule has 226 valence electrons. The topological polar surface area (TPSA) is 154 Å². The number of hydrogen-bond donors (Lipinski definition) is 3. The number of benzene rings is 2. The molecule has 3 N–H and O–H groups in total. The van der Waals surface area contributed by atoms with E-state index < -0.39 is 34.1 Å². The Morgan fingerprint density at radius 3 is 2.55 bits per heavy atom. The number of carbonyl (C=O) groups is 2. The van der Waals surface area contributed by atoms with E-state index in [1.54, 1.807) is 27.8 Å². The van der Waals surface area contributed by atoms with Gasteiger partial charge in [-0.1, -0.05) is 23.7 Å². The molecule has 3 atom stereocenters. The lowest BCUT2D eigenvalue weighted by Crippen LogP contribution is -2.50. The average molecular weight is 620 g/mol. The van der Waals surface area contributed by atoms with Crippen LogP contribution in [0.1, 0.15) is 35.7 Å². The van der Waals surface area contributed by atoms with Gasteiger partial charge in [-0.05, 0) is 63.2 Å². The van der Waals surface area contributed by atoms with E-state index in [0.29, 0.717) is 22.2 Å². The highest BCUT2D eigenvalue weighted by Crippen LogP contribution is 2.32. The SMILES string of the molecule is Cc1noc(C)c1NC(=O)N(C)C[C@@H]1Oc2ccc(NS(=O)(=O)c3ccc(Cl)cc3)cc2C(=O)N([C@@H](C)CO)C[C@H]1C. The lowest BCUT2D eigenvalue weighted by atomic mass is 9.99. The summed E-state index contributed by atoms with van der Waals surface area (Å²) < 4.78 is 39.9. The summed E-state index contributed by atoms with van der Waals surface area (Å²) in [6.07, 6.45) is -0.553. The smallest absolute Gasteiger partial charge is 0.321 e. The van der Waals surface area contributed by atoms with Crippen LogP contribution in [0.3, 0.4) is 0 Å². The highest BCUT2D eigenvalue weighted by atomic mass is 35.5. The summed E-state index contributed by atoms with van der Waals surface area (Å²) in [4.78, 5) is 29.7. The number of ether oxygens (including phenoxy) is 1. The molecule has 2 heterocycles. The number of halogens is 1. The number of likely N-dealkylation sites (N-methyl/N-ethyl adjacent to an activating group) is 1. The van der Waals surface area contributed by atoms with Crippen molar-refractivity contribution in [1.82, 2.24) is 15.0 Å². The number of amides is 3. The molecule has 0 saturated heterocycles. The number of nitrogens with one attached hydrogen (secondary N) is 2. The van der Waals surface area contributed by atoms with Gasteiger partial charge in [-0.25, -0.2) is 13.2 Å². The molecular weight excluding hydrogens is 586 g/mol. The normalized spacial score (nSPS) is 17.9. The first-order valence-corrected chi connectivity index (χ1v) is 15.1. The number of aliphatic hydroxyl groups excluding tert-OH is 1. The fourth-order valence-corrected chi connectivity index (χ4v) is 5.72. The van der Waals surface area contributed by atoms with Crippen LogP contribution in [0.2, 0.25) is 5.02 Å². The van der Waals surface area contributed by atoms with E-state index in [-0.39, 0.29) is 47.5 Å². The number of aromatic nitrogens is 1. The second kappa shape index (κ2) is 12.6. The van der Waals surface area contributed by atoms with Gasteiger partial charge in [-0.3, -0.25) is 9.52 Å². The van der Waals surface area contributed by atoms with Gasteiger partial charge in [0.05, 0.1) is 29.7 Å². The predicted molar refractivity (Wildman–Crippen MR) is 157 cm³/mol. The molecule has 0 spiro atoms.